The van der Waals surface area contributed by atoms with Crippen LogP contribution in [0.3, 0.4) is 0 Å². The lowest BCUT2D eigenvalue weighted by molar-refractivity contribution is 0.102. The fourth-order valence-electron chi connectivity index (χ4n) is 2.15. The van der Waals surface area contributed by atoms with E-state index in [1.54, 1.807) is 30.3 Å². The SMILES string of the molecule is Cc1cccc(Nc2nccc(C(=O)Nc3ccccc3Cl)n2)c1. The van der Waals surface area contributed by atoms with Gasteiger partial charge in [-0.15, -0.1) is 0 Å². The number of amides is 1. The predicted octanol–water partition coefficient (Wildman–Crippen LogP) is 4.43. The zero-order valence-corrected chi connectivity index (χ0v) is 13.7. The van der Waals surface area contributed by atoms with Gasteiger partial charge in [-0.2, -0.15) is 0 Å². The van der Waals surface area contributed by atoms with Crippen molar-refractivity contribution in [1.82, 2.24) is 9.97 Å². The van der Waals surface area contributed by atoms with Crippen molar-refractivity contribution in [2.45, 2.75) is 6.92 Å². The average molecular weight is 339 g/mol. The number of nitrogens with one attached hydrogen (secondary N) is 2. The van der Waals surface area contributed by atoms with Gasteiger partial charge in [0.15, 0.2) is 0 Å². The van der Waals surface area contributed by atoms with Gasteiger partial charge >= 0.3 is 0 Å². The highest BCUT2D eigenvalue weighted by atomic mass is 35.5. The van der Waals surface area contributed by atoms with Gasteiger partial charge in [-0.3, -0.25) is 4.79 Å². The summed E-state index contributed by atoms with van der Waals surface area (Å²) in [6.07, 6.45) is 1.53. The van der Waals surface area contributed by atoms with E-state index in [2.05, 4.69) is 20.6 Å². The van der Waals surface area contributed by atoms with E-state index < -0.39 is 0 Å². The highest BCUT2D eigenvalue weighted by Gasteiger charge is 2.11. The largest absolute Gasteiger partial charge is 0.324 e. The third-order valence-electron chi connectivity index (χ3n) is 3.28. The third kappa shape index (κ3) is 3.88. The zero-order valence-electron chi connectivity index (χ0n) is 13.0. The number of carbonyl (C=O) groups is 1. The number of benzene rings is 2. The van der Waals surface area contributed by atoms with Gasteiger partial charge in [0.25, 0.3) is 5.91 Å². The zero-order chi connectivity index (χ0) is 16.9. The molecule has 24 heavy (non-hydrogen) atoms. The fourth-order valence-corrected chi connectivity index (χ4v) is 2.33. The number of para-hydroxylation sites is 1. The molecule has 6 heteroatoms. The standard InChI is InChI=1S/C18H15ClN4O/c1-12-5-4-6-13(11-12)21-18-20-10-9-16(23-18)17(24)22-15-8-3-2-7-14(15)19/h2-11H,1H3,(H,22,24)(H,20,21,23). The van der Waals surface area contributed by atoms with Crippen molar-refractivity contribution in [2.75, 3.05) is 10.6 Å². The van der Waals surface area contributed by atoms with Crippen LogP contribution in [0.1, 0.15) is 16.1 Å². The van der Waals surface area contributed by atoms with Crippen LogP contribution in [-0.4, -0.2) is 15.9 Å². The van der Waals surface area contributed by atoms with Crippen LogP contribution in [0.15, 0.2) is 60.8 Å². The van der Waals surface area contributed by atoms with E-state index >= 15 is 0 Å². The normalized spacial score (nSPS) is 10.2. The van der Waals surface area contributed by atoms with E-state index in [4.69, 9.17) is 11.6 Å². The lowest BCUT2D eigenvalue weighted by Crippen LogP contribution is -2.15. The second-order valence-electron chi connectivity index (χ2n) is 5.19. The first kappa shape index (κ1) is 16.0. The van der Waals surface area contributed by atoms with Gasteiger partial charge in [-0.05, 0) is 42.8 Å². The minimum atomic E-state index is -0.349. The van der Waals surface area contributed by atoms with Crippen molar-refractivity contribution in [3.63, 3.8) is 0 Å². The van der Waals surface area contributed by atoms with Crippen LogP contribution >= 0.6 is 11.6 Å². The smallest absolute Gasteiger partial charge is 0.274 e. The van der Waals surface area contributed by atoms with Crippen LogP contribution in [0.2, 0.25) is 5.02 Å². The highest BCUT2D eigenvalue weighted by molar-refractivity contribution is 6.33. The highest BCUT2D eigenvalue weighted by Crippen LogP contribution is 2.21. The number of carbonyl (C=O) groups excluding carboxylic acids is 1. The summed E-state index contributed by atoms with van der Waals surface area (Å²) < 4.78 is 0. The molecule has 1 heterocycles. The first-order valence-corrected chi connectivity index (χ1v) is 7.72. The number of halogens is 1. The van der Waals surface area contributed by atoms with Gasteiger partial charge < -0.3 is 10.6 Å². The summed E-state index contributed by atoms with van der Waals surface area (Å²) >= 11 is 6.05. The van der Waals surface area contributed by atoms with Crippen LogP contribution in [0.4, 0.5) is 17.3 Å². The fraction of sp³-hybridized carbons (Fsp3) is 0.0556. The molecule has 0 bridgehead atoms. The minimum Gasteiger partial charge on any atom is -0.324 e. The molecule has 0 saturated heterocycles. The number of hydrogen-bond donors (Lipinski definition) is 2. The maximum atomic E-state index is 12.3. The molecule has 2 N–H and O–H groups in total. The summed E-state index contributed by atoms with van der Waals surface area (Å²) in [7, 11) is 0. The molecular formula is C18H15ClN4O. The van der Waals surface area contributed by atoms with Crippen molar-refractivity contribution < 1.29 is 4.79 Å². The first-order valence-electron chi connectivity index (χ1n) is 7.34. The molecule has 0 aliphatic rings. The third-order valence-corrected chi connectivity index (χ3v) is 3.61. The van der Waals surface area contributed by atoms with Crippen LogP contribution in [-0.2, 0) is 0 Å². The Kier molecular flexibility index (Phi) is 4.72. The van der Waals surface area contributed by atoms with E-state index in [9.17, 15) is 4.79 Å². The number of nitrogens with zero attached hydrogens (tertiary/aromatic N) is 2. The Morgan fingerprint density at radius 2 is 1.92 bits per heavy atom. The van der Waals surface area contributed by atoms with Gasteiger partial charge in [0, 0.05) is 11.9 Å². The van der Waals surface area contributed by atoms with Gasteiger partial charge in [0.05, 0.1) is 10.7 Å². The Bertz CT molecular complexity index is 882. The van der Waals surface area contributed by atoms with E-state index in [0.717, 1.165) is 11.3 Å². The van der Waals surface area contributed by atoms with Gasteiger partial charge in [-0.1, -0.05) is 35.9 Å². The molecule has 0 aliphatic carbocycles. The Balaban J connectivity index is 1.77. The summed E-state index contributed by atoms with van der Waals surface area (Å²) in [5.74, 6) is 0.00482. The van der Waals surface area contributed by atoms with Gasteiger partial charge in [0.2, 0.25) is 5.95 Å². The second kappa shape index (κ2) is 7.10. The summed E-state index contributed by atoms with van der Waals surface area (Å²) in [4.78, 5) is 20.7. The number of aryl methyl sites for hydroxylation is 1. The van der Waals surface area contributed by atoms with Crippen LogP contribution < -0.4 is 10.6 Å². The Hall–Kier alpha value is -2.92. The number of hydrogen-bond acceptors (Lipinski definition) is 4. The molecule has 5 nitrogen and oxygen atoms in total. The molecule has 0 atom stereocenters. The lowest BCUT2D eigenvalue weighted by atomic mass is 10.2. The van der Waals surface area contributed by atoms with Crippen molar-refractivity contribution in [3.05, 3.63) is 77.1 Å². The predicted molar refractivity (Wildman–Crippen MR) is 95.9 cm³/mol. The molecule has 3 rings (SSSR count). The lowest BCUT2D eigenvalue weighted by Gasteiger charge is -2.08. The Morgan fingerprint density at radius 1 is 1.08 bits per heavy atom. The molecule has 0 aliphatic heterocycles. The quantitative estimate of drug-likeness (QED) is 0.738. The molecule has 0 saturated carbocycles. The minimum absolute atomic E-state index is 0.250. The van der Waals surface area contributed by atoms with E-state index in [1.807, 2.05) is 31.2 Å². The summed E-state index contributed by atoms with van der Waals surface area (Å²) in [5.41, 5.74) is 2.77. The van der Waals surface area contributed by atoms with E-state index in [-0.39, 0.29) is 11.6 Å². The van der Waals surface area contributed by atoms with Crippen LogP contribution in [0, 0.1) is 6.92 Å². The Morgan fingerprint density at radius 3 is 2.71 bits per heavy atom. The second-order valence-corrected chi connectivity index (χ2v) is 5.60. The average Bonchev–Trinajstić information content (AvgIpc) is 2.57. The summed E-state index contributed by atoms with van der Waals surface area (Å²) in [6, 6.07) is 16.4. The van der Waals surface area contributed by atoms with Gasteiger partial charge in [-0.25, -0.2) is 9.97 Å². The monoisotopic (exact) mass is 338 g/mol. The molecule has 2 aromatic carbocycles. The molecule has 0 fully saturated rings. The first-order chi connectivity index (χ1) is 11.6. The summed E-state index contributed by atoms with van der Waals surface area (Å²) in [5, 5.41) is 6.30. The maximum absolute atomic E-state index is 12.3. The van der Waals surface area contributed by atoms with Crippen molar-refractivity contribution in [2.24, 2.45) is 0 Å². The van der Waals surface area contributed by atoms with Crippen molar-refractivity contribution in [3.8, 4) is 0 Å². The molecule has 0 unspecified atom stereocenters. The van der Waals surface area contributed by atoms with Crippen LogP contribution in [0.25, 0.3) is 0 Å². The Labute approximate surface area is 144 Å². The van der Waals surface area contributed by atoms with Crippen molar-refractivity contribution >= 4 is 34.8 Å². The van der Waals surface area contributed by atoms with Crippen molar-refractivity contribution in [1.29, 1.82) is 0 Å². The molecule has 1 aromatic heterocycles. The molecular weight excluding hydrogens is 324 g/mol. The molecule has 120 valence electrons. The van der Waals surface area contributed by atoms with Gasteiger partial charge in [0.1, 0.15) is 5.69 Å². The number of aromatic nitrogens is 2. The molecule has 3 aromatic rings. The summed E-state index contributed by atoms with van der Waals surface area (Å²) in [6.45, 7) is 2.00. The molecule has 0 spiro atoms. The van der Waals surface area contributed by atoms with Crippen LogP contribution in [0.5, 0.6) is 0 Å². The topological polar surface area (TPSA) is 66.9 Å². The van der Waals surface area contributed by atoms with E-state index in [0.29, 0.717) is 16.7 Å². The number of rotatable bonds is 4. The number of anilines is 3. The molecule has 0 radical (unpaired) electrons. The van der Waals surface area contributed by atoms with E-state index in [1.165, 1.54) is 6.20 Å². The molecule has 1 amide bonds. The maximum Gasteiger partial charge on any atom is 0.274 e.